The van der Waals surface area contributed by atoms with Crippen LogP contribution in [0.3, 0.4) is 0 Å². The fourth-order valence-electron chi connectivity index (χ4n) is 1.18. The fraction of sp³-hybridized carbons (Fsp3) is 0. The third kappa shape index (κ3) is 1.54. The quantitative estimate of drug-likeness (QED) is 0.773. The SMILES string of the molecule is NC(=O)c1ccc2oc(=O)c(=O)oc2c1Br. The fourth-order valence-corrected chi connectivity index (χ4v) is 1.78. The Balaban J connectivity index is 2.95. The molecule has 82 valence electrons. The highest BCUT2D eigenvalue weighted by Crippen LogP contribution is 2.25. The standard InChI is InChI=1S/C9H4BrNO5/c10-5-3(7(11)12)1-2-4-6(5)16-9(14)8(13)15-4/h1-2H,(H2,11,12). The van der Waals surface area contributed by atoms with Crippen LogP contribution in [0.5, 0.6) is 0 Å². The maximum absolute atomic E-state index is 11.0. The zero-order valence-electron chi connectivity index (χ0n) is 7.65. The van der Waals surface area contributed by atoms with Gasteiger partial charge in [0, 0.05) is 0 Å². The minimum Gasteiger partial charge on any atom is -0.414 e. The van der Waals surface area contributed by atoms with Gasteiger partial charge >= 0.3 is 11.3 Å². The van der Waals surface area contributed by atoms with Crippen molar-refractivity contribution in [2.75, 3.05) is 0 Å². The normalized spacial score (nSPS) is 10.6. The Hall–Kier alpha value is -1.89. The number of hydrogen-bond acceptors (Lipinski definition) is 5. The zero-order chi connectivity index (χ0) is 11.9. The van der Waals surface area contributed by atoms with Gasteiger partial charge in [-0.2, -0.15) is 0 Å². The van der Waals surface area contributed by atoms with E-state index in [1.165, 1.54) is 12.1 Å². The number of primary amides is 1. The highest BCUT2D eigenvalue weighted by atomic mass is 79.9. The Morgan fingerprint density at radius 3 is 2.44 bits per heavy atom. The molecule has 2 N–H and O–H groups in total. The van der Waals surface area contributed by atoms with Gasteiger partial charge in [-0.3, -0.25) is 4.79 Å². The highest BCUT2D eigenvalue weighted by Gasteiger charge is 2.14. The summed E-state index contributed by atoms with van der Waals surface area (Å²) in [5, 5.41) is 0. The number of fused-ring (bicyclic) bond motifs is 1. The summed E-state index contributed by atoms with van der Waals surface area (Å²) in [5.41, 5.74) is 3.00. The molecule has 0 bridgehead atoms. The average molecular weight is 286 g/mol. The molecule has 0 spiro atoms. The molecule has 2 rings (SSSR count). The Morgan fingerprint density at radius 1 is 1.19 bits per heavy atom. The summed E-state index contributed by atoms with van der Waals surface area (Å²) >= 11 is 3.05. The van der Waals surface area contributed by atoms with Crippen molar-refractivity contribution in [1.29, 1.82) is 0 Å². The second kappa shape index (κ2) is 3.60. The largest absolute Gasteiger partial charge is 0.423 e. The van der Waals surface area contributed by atoms with Gasteiger partial charge in [-0.25, -0.2) is 9.59 Å². The molecule has 0 saturated heterocycles. The monoisotopic (exact) mass is 285 g/mol. The van der Waals surface area contributed by atoms with Gasteiger partial charge in [0.05, 0.1) is 10.0 Å². The Bertz CT molecular complexity index is 699. The molecule has 1 heterocycles. The van der Waals surface area contributed by atoms with E-state index < -0.39 is 17.2 Å². The lowest BCUT2D eigenvalue weighted by Gasteiger charge is -2.01. The van der Waals surface area contributed by atoms with E-state index in [1.54, 1.807) is 0 Å². The van der Waals surface area contributed by atoms with Gasteiger partial charge in [0.1, 0.15) is 0 Å². The number of carbonyl (C=O) groups excluding carboxylic acids is 1. The van der Waals surface area contributed by atoms with Gasteiger partial charge in [0.25, 0.3) is 0 Å². The number of benzene rings is 1. The van der Waals surface area contributed by atoms with E-state index in [0.29, 0.717) is 0 Å². The molecule has 0 fully saturated rings. The summed E-state index contributed by atoms with van der Waals surface area (Å²) in [4.78, 5) is 32.8. The lowest BCUT2D eigenvalue weighted by atomic mass is 10.2. The molecular formula is C9H4BrNO5. The van der Waals surface area contributed by atoms with Crippen molar-refractivity contribution >= 4 is 33.0 Å². The molecule has 16 heavy (non-hydrogen) atoms. The molecule has 0 radical (unpaired) electrons. The van der Waals surface area contributed by atoms with Crippen LogP contribution < -0.4 is 17.0 Å². The van der Waals surface area contributed by atoms with Gasteiger partial charge in [0.2, 0.25) is 5.91 Å². The van der Waals surface area contributed by atoms with Crippen LogP contribution in [0.25, 0.3) is 11.2 Å². The Kier molecular flexibility index (Phi) is 2.39. The van der Waals surface area contributed by atoms with Crippen LogP contribution >= 0.6 is 15.9 Å². The first kappa shape index (κ1) is 10.6. The second-order valence-corrected chi connectivity index (χ2v) is 3.69. The van der Waals surface area contributed by atoms with Crippen LogP contribution in [-0.2, 0) is 0 Å². The average Bonchev–Trinajstić information content (AvgIpc) is 2.21. The van der Waals surface area contributed by atoms with E-state index in [1.807, 2.05) is 0 Å². The first-order chi connectivity index (χ1) is 7.50. The Morgan fingerprint density at radius 2 is 1.81 bits per heavy atom. The number of halogens is 1. The molecule has 1 aromatic carbocycles. The van der Waals surface area contributed by atoms with Crippen LogP contribution in [0, 0.1) is 0 Å². The third-order valence-electron chi connectivity index (χ3n) is 1.89. The van der Waals surface area contributed by atoms with Crippen LogP contribution in [0.2, 0.25) is 0 Å². The number of nitrogens with two attached hydrogens (primary N) is 1. The summed E-state index contributed by atoms with van der Waals surface area (Å²) in [6.45, 7) is 0. The van der Waals surface area contributed by atoms with Crippen molar-refractivity contribution in [1.82, 2.24) is 0 Å². The van der Waals surface area contributed by atoms with Crippen molar-refractivity contribution in [2.45, 2.75) is 0 Å². The summed E-state index contributed by atoms with van der Waals surface area (Å²) in [6.07, 6.45) is 0. The molecule has 1 amide bonds. The topological polar surface area (TPSA) is 104 Å². The van der Waals surface area contributed by atoms with E-state index in [-0.39, 0.29) is 21.2 Å². The molecule has 0 atom stereocenters. The van der Waals surface area contributed by atoms with Gasteiger partial charge < -0.3 is 14.6 Å². The predicted octanol–water partition coefficient (Wildman–Crippen LogP) is 0.608. The van der Waals surface area contributed by atoms with Gasteiger partial charge in [-0.05, 0) is 28.1 Å². The first-order valence-electron chi connectivity index (χ1n) is 4.07. The summed E-state index contributed by atoms with van der Waals surface area (Å²) in [6, 6.07) is 2.68. The van der Waals surface area contributed by atoms with Crippen LogP contribution in [0.4, 0.5) is 0 Å². The maximum atomic E-state index is 11.0. The van der Waals surface area contributed by atoms with Crippen molar-refractivity contribution in [3.8, 4) is 0 Å². The minimum atomic E-state index is -1.14. The predicted molar refractivity (Wildman–Crippen MR) is 57.2 cm³/mol. The molecule has 1 aromatic heterocycles. The Labute approximate surface area is 95.8 Å². The summed E-state index contributed by atoms with van der Waals surface area (Å²) in [5.74, 6) is -0.692. The van der Waals surface area contributed by atoms with Crippen molar-refractivity contribution < 1.29 is 13.6 Å². The first-order valence-corrected chi connectivity index (χ1v) is 4.86. The van der Waals surface area contributed by atoms with Crippen LogP contribution in [0.15, 0.2) is 35.0 Å². The van der Waals surface area contributed by atoms with Crippen molar-refractivity contribution in [2.24, 2.45) is 5.73 Å². The molecule has 0 aliphatic rings. The van der Waals surface area contributed by atoms with E-state index in [2.05, 4.69) is 20.3 Å². The smallest absolute Gasteiger partial charge is 0.414 e. The number of carbonyl (C=O) groups is 1. The zero-order valence-corrected chi connectivity index (χ0v) is 9.24. The maximum Gasteiger partial charge on any atom is 0.423 e. The van der Waals surface area contributed by atoms with E-state index in [4.69, 9.17) is 10.2 Å². The summed E-state index contributed by atoms with van der Waals surface area (Å²) in [7, 11) is 0. The van der Waals surface area contributed by atoms with Crippen molar-refractivity contribution in [3.05, 3.63) is 43.0 Å². The second-order valence-electron chi connectivity index (χ2n) is 2.90. The van der Waals surface area contributed by atoms with E-state index >= 15 is 0 Å². The van der Waals surface area contributed by atoms with Crippen molar-refractivity contribution in [3.63, 3.8) is 0 Å². The van der Waals surface area contributed by atoms with E-state index in [0.717, 1.165) is 0 Å². The van der Waals surface area contributed by atoms with E-state index in [9.17, 15) is 14.4 Å². The van der Waals surface area contributed by atoms with Gasteiger partial charge in [-0.15, -0.1) is 0 Å². The lowest BCUT2D eigenvalue weighted by Crippen LogP contribution is -2.21. The molecule has 7 heteroatoms. The lowest BCUT2D eigenvalue weighted by molar-refractivity contribution is 0.0999. The molecule has 0 saturated carbocycles. The van der Waals surface area contributed by atoms with Gasteiger partial charge in [-0.1, -0.05) is 0 Å². The minimum absolute atomic E-state index is 0.0269. The number of amides is 1. The highest BCUT2D eigenvalue weighted by molar-refractivity contribution is 9.10. The molecule has 0 unspecified atom stereocenters. The third-order valence-corrected chi connectivity index (χ3v) is 2.68. The summed E-state index contributed by atoms with van der Waals surface area (Å²) < 4.78 is 9.54. The molecule has 0 aliphatic heterocycles. The molecule has 6 nitrogen and oxygen atoms in total. The molecule has 2 aromatic rings. The molecular weight excluding hydrogens is 282 g/mol. The molecule has 0 aliphatic carbocycles. The number of rotatable bonds is 1. The van der Waals surface area contributed by atoms with Gasteiger partial charge in [0.15, 0.2) is 11.2 Å². The van der Waals surface area contributed by atoms with Crippen LogP contribution in [-0.4, -0.2) is 5.91 Å². The van der Waals surface area contributed by atoms with Crippen LogP contribution in [0.1, 0.15) is 10.4 Å². The number of hydrogen-bond donors (Lipinski definition) is 1.